The zero-order valence-corrected chi connectivity index (χ0v) is 15.2. The van der Waals surface area contributed by atoms with Crippen molar-refractivity contribution in [2.75, 3.05) is 46.0 Å². The molecule has 1 heterocycles. The van der Waals surface area contributed by atoms with E-state index < -0.39 is 0 Å². The Morgan fingerprint density at radius 3 is 2.68 bits per heavy atom. The van der Waals surface area contributed by atoms with E-state index in [1.807, 2.05) is 26.0 Å². The monoisotopic (exact) mass is 348 g/mol. The predicted molar refractivity (Wildman–Crippen MR) is 96.2 cm³/mol. The number of Topliss-reactive ketones (excluding diaryl/α,β-unsaturated/α-hetero) is 1. The molecule has 0 unspecified atom stereocenters. The minimum Gasteiger partial charge on any atom is -0.494 e. The fourth-order valence-corrected chi connectivity index (χ4v) is 2.78. The maximum atomic E-state index is 12.2. The molecule has 1 fully saturated rings. The molecule has 25 heavy (non-hydrogen) atoms. The summed E-state index contributed by atoms with van der Waals surface area (Å²) < 4.78 is 10.8. The van der Waals surface area contributed by atoms with Crippen molar-refractivity contribution >= 4 is 11.7 Å². The van der Waals surface area contributed by atoms with Gasteiger partial charge in [0.2, 0.25) is 5.91 Å². The third-order valence-electron chi connectivity index (χ3n) is 4.23. The van der Waals surface area contributed by atoms with Gasteiger partial charge < -0.3 is 14.8 Å². The zero-order valence-electron chi connectivity index (χ0n) is 15.2. The molecule has 2 rings (SSSR count). The molecule has 0 saturated carbocycles. The second kappa shape index (κ2) is 10.2. The molecule has 1 amide bonds. The van der Waals surface area contributed by atoms with Crippen molar-refractivity contribution in [2.45, 2.75) is 26.7 Å². The van der Waals surface area contributed by atoms with E-state index in [1.165, 1.54) is 0 Å². The van der Waals surface area contributed by atoms with E-state index in [1.54, 1.807) is 6.07 Å². The van der Waals surface area contributed by atoms with E-state index in [2.05, 4.69) is 10.2 Å². The molecule has 1 aliphatic heterocycles. The van der Waals surface area contributed by atoms with E-state index >= 15 is 0 Å². The van der Waals surface area contributed by atoms with Crippen LogP contribution in [-0.2, 0) is 9.53 Å². The van der Waals surface area contributed by atoms with Crippen molar-refractivity contribution in [3.05, 3.63) is 29.3 Å². The van der Waals surface area contributed by atoms with Crippen molar-refractivity contribution in [3.63, 3.8) is 0 Å². The number of ether oxygens (including phenoxy) is 2. The first-order valence-electron chi connectivity index (χ1n) is 8.93. The van der Waals surface area contributed by atoms with E-state index in [9.17, 15) is 9.59 Å². The number of carbonyl (C=O) groups is 2. The normalized spacial score (nSPS) is 15.0. The Labute approximate surface area is 149 Å². The molecule has 1 aromatic carbocycles. The number of hydrogen-bond acceptors (Lipinski definition) is 5. The first-order chi connectivity index (χ1) is 12.1. The van der Waals surface area contributed by atoms with Crippen LogP contribution in [0.15, 0.2) is 18.2 Å². The quantitative estimate of drug-likeness (QED) is 0.689. The first-order valence-corrected chi connectivity index (χ1v) is 8.93. The number of aryl methyl sites for hydroxylation is 1. The molecular weight excluding hydrogens is 320 g/mol. The van der Waals surface area contributed by atoms with Gasteiger partial charge in [-0.25, -0.2) is 0 Å². The Morgan fingerprint density at radius 2 is 2.00 bits per heavy atom. The first kappa shape index (κ1) is 19.4. The average Bonchev–Trinajstić information content (AvgIpc) is 2.62. The lowest BCUT2D eigenvalue weighted by Gasteiger charge is -2.26. The van der Waals surface area contributed by atoms with Gasteiger partial charge in [-0.05, 0) is 37.6 Å². The maximum absolute atomic E-state index is 12.2. The van der Waals surface area contributed by atoms with Crippen LogP contribution in [0, 0.1) is 6.92 Å². The van der Waals surface area contributed by atoms with Gasteiger partial charge in [-0.2, -0.15) is 0 Å². The lowest BCUT2D eigenvalue weighted by molar-refractivity contribution is -0.121. The molecule has 1 N–H and O–H groups in total. The van der Waals surface area contributed by atoms with Crippen LogP contribution >= 0.6 is 0 Å². The molecule has 1 aromatic rings. The van der Waals surface area contributed by atoms with Crippen molar-refractivity contribution in [3.8, 4) is 5.75 Å². The summed E-state index contributed by atoms with van der Waals surface area (Å²) in [6, 6.07) is 5.40. The number of carbonyl (C=O) groups excluding carboxylic acids is 2. The fourth-order valence-electron chi connectivity index (χ4n) is 2.78. The summed E-state index contributed by atoms with van der Waals surface area (Å²) in [4.78, 5) is 26.4. The lowest BCUT2D eigenvalue weighted by Crippen LogP contribution is -2.41. The van der Waals surface area contributed by atoms with Gasteiger partial charge in [-0.3, -0.25) is 14.5 Å². The van der Waals surface area contributed by atoms with E-state index in [-0.39, 0.29) is 24.5 Å². The highest BCUT2D eigenvalue weighted by Gasteiger charge is 2.12. The Kier molecular flexibility index (Phi) is 7.88. The zero-order chi connectivity index (χ0) is 18.1. The summed E-state index contributed by atoms with van der Waals surface area (Å²) in [5.41, 5.74) is 1.56. The third-order valence-corrected chi connectivity index (χ3v) is 4.23. The number of morpholine rings is 1. The van der Waals surface area contributed by atoms with Gasteiger partial charge in [-0.15, -0.1) is 0 Å². The molecule has 1 saturated heterocycles. The SMILES string of the molecule is CCOc1ccc(C(=O)CCC(=O)NCCN2CCOCC2)cc1C. The van der Waals surface area contributed by atoms with Crippen LogP contribution in [0.3, 0.4) is 0 Å². The van der Waals surface area contributed by atoms with Crippen molar-refractivity contribution in [1.82, 2.24) is 10.2 Å². The average molecular weight is 348 g/mol. The summed E-state index contributed by atoms with van der Waals surface area (Å²) in [6.07, 6.45) is 0.436. The van der Waals surface area contributed by atoms with Crippen molar-refractivity contribution in [2.24, 2.45) is 0 Å². The number of hydrogen-bond donors (Lipinski definition) is 1. The lowest BCUT2D eigenvalue weighted by atomic mass is 10.0. The van der Waals surface area contributed by atoms with Gasteiger partial charge >= 0.3 is 0 Å². The molecule has 6 nitrogen and oxygen atoms in total. The molecule has 1 aliphatic rings. The highest BCUT2D eigenvalue weighted by molar-refractivity contribution is 5.98. The highest BCUT2D eigenvalue weighted by Crippen LogP contribution is 2.20. The van der Waals surface area contributed by atoms with Crippen LogP contribution in [0.4, 0.5) is 0 Å². The van der Waals surface area contributed by atoms with Gasteiger partial charge in [0.25, 0.3) is 0 Å². The molecule has 0 atom stereocenters. The minimum atomic E-state index is -0.0794. The second-order valence-electron chi connectivity index (χ2n) is 6.14. The molecule has 0 aliphatic carbocycles. The number of amides is 1. The van der Waals surface area contributed by atoms with Gasteiger partial charge in [0.1, 0.15) is 5.75 Å². The van der Waals surface area contributed by atoms with Crippen LogP contribution in [0.2, 0.25) is 0 Å². The number of nitrogens with zero attached hydrogens (tertiary/aromatic N) is 1. The number of benzene rings is 1. The smallest absolute Gasteiger partial charge is 0.220 e. The number of ketones is 1. The predicted octanol–water partition coefficient (Wildman–Crippen LogP) is 1.81. The summed E-state index contributed by atoms with van der Waals surface area (Å²) in [5, 5.41) is 2.88. The van der Waals surface area contributed by atoms with Gasteiger partial charge in [0.15, 0.2) is 5.78 Å². The molecule has 0 spiro atoms. The number of rotatable bonds is 9. The molecular formula is C19H28N2O4. The summed E-state index contributed by atoms with van der Waals surface area (Å²) in [6.45, 7) is 9.19. The summed E-state index contributed by atoms with van der Waals surface area (Å²) in [5.74, 6) is 0.693. The molecule has 0 aromatic heterocycles. The van der Waals surface area contributed by atoms with Crippen LogP contribution in [0.5, 0.6) is 5.75 Å². The van der Waals surface area contributed by atoms with E-state index in [0.29, 0.717) is 18.7 Å². The standard InChI is InChI=1S/C19H28N2O4/c1-3-25-18-6-4-16(14-15(18)2)17(22)5-7-19(23)20-8-9-21-10-12-24-13-11-21/h4,6,14H,3,5,7-13H2,1-2H3,(H,20,23). The second-order valence-corrected chi connectivity index (χ2v) is 6.14. The van der Waals surface area contributed by atoms with Crippen molar-refractivity contribution in [1.29, 1.82) is 0 Å². The Bertz CT molecular complexity index is 583. The van der Waals surface area contributed by atoms with Crippen LogP contribution in [0.25, 0.3) is 0 Å². The van der Waals surface area contributed by atoms with E-state index in [4.69, 9.17) is 9.47 Å². The van der Waals surface area contributed by atoms with Crippen molar-refractivity contribution < 1.29 is 19.1 Å². The molecule has 0 bridgehead atoms. The molecule has 0 radical (unpaired) electrons. The molecule has 6 heteroatoms. The topological polar surface area (TPSA) is 67.9 Å². The Balaban J connectivity index is 1.69. The van der Waals surface area contributed by atoms with Gasteiger partial charge in [0, 0.05) is 44.6 Å². The van der Waals surface area contributed by atoms with Crippen LogP contribution in [-0.4, -0.2) is 62.6 Å². The summed E-state index contributed by atoms with van der Waals surface area (Å²) >= 11 is 0. The number of nitrogens with one attached hydrogen (secondary N) is 1. The Morgan fingerprint density at radius 1 is 1.24 bits per heavy atom. The highest BCUT2D eigenvalue weighted by atomic mass is 16.5. The molecule has 138 valence electrons. The Hall–Kier alpha value is -1.92. The van der Waals surface area contributed by atoms with E-state index in [0.717, 1.165) is 44.2 Å². The minimum absolute atomic E-state index is 0.0190. The third kappa shape index (κ3) is 6.48. The van der Waals surface area contributed by atoms with Crippen LogP contribution in [0.1, 0.15) is 35.7 Å². The summed E-state index contributed by atoms with van der Waals surface area (Å²) in [7, 11) is 0. The van der Waals surface area contributed by atoms with Crippen LogP contribution < -0.4 is 10.1 Å². The van der Waals surface area contributed by atoms with Gasteiger partial charge in [-0.1, -0.05) is 0 Å². The maximum Gasteiger partial charge on any atom is 0.220 e. The fraction of sp³-hybridized carbons (Fsp3) is 0.579. The largest absolute Gasteiger partial charge is 0.494 e. The van der Waals surface area contributed by atoms with Gasteiger partial charge in [0.05, 0.1) is 19.8 Å².